The Hall–Kier alpha value is -3.23. The molecule has 0 radical (unpaired) electrons. The monoisotopic (exact) mass is 385 g/mol. The summed E-state index contributed by atoms with van der Waals surface area (Å²) in [6.07, 6.45) is 3.29. The number of hydrogen-bond acceptors (Lipinski definition) is 8. The molecule has 1 fully saturated rings. The van der Waals surface area contributed by atoms with Gasteiger partial charge in [-0.25, -0.2) is 14.8 Å². The number of nitrogens with zero attached hydrogens (tertiary/aromatic N) is 4. The third-order valence-electron chi connectivity index (χ3n) is 4.32. The number of ether oxygens (including phenoxy) is 1. The molecule has 0 saturated carbocycles. The van der Waals surface area contributed by atoms with E-state index in [1.54, 1.807) is 24.3 Å². The van der Waals surface area contributed by atoms with Crippen LogP contribution in [0.25, 0.3) is 0 Å². The fourth-order valence-electron chi connectivity index (χ4n) is 2.94. The molecular weight excluding hydrogens is 362 g/mol. The van der Waals surface area contributed by atoms with Gasteiger partial charge >= 0.3 is 11.7 Å². The van der Waals surface area contributed by atoms with E-state index in [4.69, 9.17) is 4.74 Å². The predicted octanol–water partition coefficient (Wildman–Crippen LogP) is 3.54. The lowest BCUT2D eigenvalue weighted by molar-refractivity contribution is -0.383. The van der Waals surface area contributed by atoms with Crippen molar-refractivity contribution in [3.63, 3.8) is 0 Å². The van der Waals surface area contributed by atoms with Gasteiger partial charge in [-0.2, -0.15) is 0 Å². The minimum atomic E-state index is -0.465. The van der Waals surface area contributed by atoms with Gasteiger partial charge < -0.3 is 15.0 Å². The number of carbonyl (C=O) groups is 1. The van der Waals surface area contributed by atoms with E-state index in [-0.39, 0.29) is 17.4 Å². The summed E-state index contributed by atoms with van der Waals surface area (Å²) in [4.78, 5) is 33.3. The van der Waals surface area contributed by atoms with E-state index in [0.717, 1.165) is 25.9 Å². The molecule has 1 aromatic heterocycles. The minimum Gasteiger partial charge on any atom is -0.462 e. The Kier molecular flexibility index (Phi) is 6.03. The first-order valence-electron chi connectivity index (χ1n) is 9.24. The standard InChI is InChI=1S/C19H23N5O4/c1-13(2)11-28-19(25)14-5-7-15(8-6-14)22-17-16(24(26)27)18(21-12-20-17)23-9-3-4-10-23/h5-8,12-13H,3-4,9-11H2,1-2H3,(H,20,21,22). The summed E-state index contributed by atoms with van der Waals surface area (Å²) in [6.45, 7) is 5.76. The number of carbonyl (C=O) groups excluding carboxylic acids is 1. The van der Waals surface area contributed by atoms with Crippen LogP contribution in [0, 0.1) is 16.0 Å². The third-order valence-corrected chi connectivity index (χ3v) is 4.32. The van der Waals surface area contributed by atoms with Crippen molar-refractivity contribution >= 4 is 29.0 Å². The van der Waals surface area contributed by atoms with Gasteiger partial charge in [-0.1, -0.05) is 13.8 Å². The van der Waals surface area contributed by atoms with Crippen molar-refractivity contribution in [2.24, 2.45) is 5.92 Å². The lowest BCUT2D eigenvalue weighted by Gasteiger charge is -2.17. The Bertz CT molecular complexity index is 848. The number of esters is 1. The SMILES string of the molecule is CC(C)COC(=O)c1ccc(Nc2ncnc(N3CCCC3)c2[N+](=O)[O-])cc1. The maximum absolute atomic E-state index is 12.0. The van der Waals surface area contributed by atoms with Crippen molar-refractivity contribution in [3.05, 3.63) is 46.3 Å². The molecule has 9 nitrogen and oxygen atoms in total. The van der Waals surface area contributed by atoms with Crippen LogP contribution in [-0.4, -0.2) is 40.6 Å². The van der Waals surface area contributed by atoms with Crippen molar-refractivity contribution in [3.8, 4) is 0 Å². The van der Waals surface area contributed by atoms with Crippen molar-refractivity contribution in [1.29, 1.82) is 0 Å². The van der Waals surface area contributed by atoms with Crippen molar-refractivity contribution in [1.82, 2.24) is 9.97 Å². The van der Waals surface area contributed by atoms with Crippen LogP contribution in [0.4, 0.5) is 23.0 Å². The van der Waals surface area contributed by atoms with Crippen LogP contribution >= 0.6 is 0 Å². The van der Waals surface area contributed by atoms with Crippen LogP contribution < -0.4 is 10.2 Å². The molecule has 3 rings (SSSR count). The molecular formula is C19H23N5O4. The largest absolute Gasteiger partial charge is 0.462 e. The van der Waals surface area contributed by atoms with Crippen LogP contribution in [-0.2, 0) is 4.74 Å². The van der Waals surface area contributed by atoms with E-state index >= 15 is 0 Å². The number of benzene rings is 1. The van der Waals surface area contributed by atoms with Gasteiger partial charge in [0.25, 0.3) is 0 Å². The van der Waals surface area contributed by atoms with Gasteiger partial charge in [-0.05, 0) is 43.0 Å². The molecule has 1 N–H and O–H groups in total. The van der Waals surface area contributed by atoms with Gasteiger partial charge in [0.1, 0.15) is 6.33 Å². The Morgan fingerprint density at radius 3 is 2.54 bits per heavy atom. The fourth-order valence-corrected chi connectivity index (χ4v) is 2.94. The summed E-state index contributed by atoms with van der Waals surface area (Å²) in [6, 6.07) is 6.54. The number of rotatable bonds is 7. The van der Waals surface area contributed by atoms with Gasteiger partial charge in [-0.3, -0.25) is 10.1 Å². The highest BCUT2D eigenvalue weighted by molar-refractivity contribution is 5.90. The second kappa shape index (κ2) is 8.64. The van der Waals surface area contributed by atoms with Crippen LogP contribution in [0.15, 0.2) is 30.6 Å². The molecule has 0 atom stereocenters. The van der Waals surface area contributed by atoms with E-state index < -0.39 is 10.9 Å². The molecule has 0 bridgehead atoms. The van der Waals surface area contributed by atoms with Crippen LogP contribution in [0.2, 0.25) is 0 Å². The molecule has 9 heteroatoms. The molecule has 28 heavy (non-hydrogen) atoms. The molecule has 2 aromatic rings. The molecule has 0 aliphatic carbocycles. The number of aromatic nitrogens is 2. The average molecular weight is 385 g/mol. The topological polar surface area (TPSA) is 110 Å². The maximum atomic E-state index is 12.0. The second-order valence-corrected chi connectivity index (χ2v) is 7.04. The number of nitro groups is 1. The Morgan fingerprint density at radius 2 is 1.93 bits per heavy atom. The highest BCUT2D eigenvalue weighted by Gasteiger charge is 2.28. The molecule has 2 heterocycles. The highest BCUT2D eigenvalue weighted by atomic mass is 16.6. The first-order chi connectivity index (χ1) is 13.5. The van der Waals surface area contributed by atoms with E-state index in [1.165, 1.54) is 6.33 Å². The van der Waals surface area contributed by atoms with Crippen molar-refractivity contribution in [2.75, 3.05) is 29.9 Å². The molecule has 148 valence electrons. The van der Waals surface area contributed by atoms with E-state index in [9.17, 15) is 14.9 Å². The van der Waals surface area contributed by atoms with Gasteiger partial charge in [0.2, 0.25) is 11.6 Å². The number of nitrogens with one attached hydrogen (secondary N) is 1. The van der Waals surface area contributed by atoms with Crippen LogP contribution in [0.5, 0.6) is 0 Å². The molecule has 1 saturated heterocycles. The molecule has 1 aliphatic heterocycles. The zero-order valence-electron chi connectivity index (χ0n) is 15.9. The average Bonchev–Trinajstić information content (AvgIpc) is 3.21. The van der Waals surface area contributed by atoms with E-state index in [0.29, 0.717) is 23.7 Å². The molecule has 0 spiro atoms. The molecule has 1 aromatic carbocycles. The number of hydrogen-bond donors (Lipinski definition) is 1. The Balaban J connectivity index is 1.79. The van der Waals surface area contributed by atoms with Crippen LogP contribution in [0.1, 0.15) is 37.0 Å². The lowest BCUT2D eigenvalue weighted by Crippen LogP contribution is -2.21. The van der Waals surface area contributed by atoms with E-state index in [1.807, 2.05) is 18.7 Å². The Morgan fingerprint density at radius 1 is 1.25 bits per heavy atom. The second-order valence-electron chi connectivity index (χ2n) is 7.04. The van der Waals surface area contributed by atoms with E-state index in [2.05, 4.69) is 15.3 Å². The van der Waals surface area contributed by atoms with Crippen LogP contribution in [0.3, 0.4) is 0 Å². The maximum Gasteiger partial charge on any atom is 0.353 e. The first kappa shape index (κ1) is 19.5. The summed E-state index contributed by atoms with van der Waals surface area (Å²) >= 11 is 0. The van der Waals surface area contributed by atoms with Crippen molar-refractivity contribution in [2.45, 2.75) is 26.7 Å². The van der Waals surface area contributed by atoms with Gasteiger partial charge in [0.15, 0.2) is 0 Å². The van der Waals surface area contributed by atoms with Crippen molar-refractivity contribution < 1.29 is 14.5 Å². The summed E-state index contributed by atoms with van der Waals surface area (Å²) in [5.41, 5.74) is 0.848. The quantitative estimate of drug-likeness (QED) is 0.438. The molecule has 1 aliphatic rings. The minimum absolute atomic E-state index is 0.122. The third kappa shape index (κ3) is 4.54. The van der Waals surface area contributed by atoms with Gasteiger partial charge in [0, 0.05) is 18.8 Å². The molecule has 0 amide bonds. The Labute approximate surface area is 162 Å². The summed E-state index contributed by atoms with van der Waals surface area (Å²) in [5, 5.41) is 14.6. The summed E-state index contributed by atoms with van der Waals surface area (Å²) < 4.78 is 5.20. The lowest BCUT2D eigenvalue weighted by atomic mass is 10.2. The fraction of sp³-hybridized carbons (Fsp3) is 0.421. The molecule has 0 unspecified atom stereocenters. The number of anilines is 3. The summed E-state index contributed by atoms with van der Waals surface area (Å²) in [7, 11) is 0. The normalized spacial score (nSPS) is 13.6. The first-order valence-corrected chi connectivity index (χ1v) is 9.24. The van der Waals surface area contributed by atoms with Gasteiger partial charge in [0.05, 0.1) is 17.1 Å². The predicted molar refractivity (Wildman–Crippen MR) is 105 cm³/mol. The highest BCUT2D eigenvalue weighted by Crippen LogP contribution is 2.34. The smallest absolute Gasteiger partial charge is 0.353 e. The zero-order chi connectivity index (χ0) is 20.1. The van der Waals surface area contributed by atoms with Gasteiger partial charge in [-0.15, -0.1) is 0 Å². The zero-order valence-corrected chi connectivity index (χ0v) is 15.9. The summed E-state index contributed by atoms with van der Waals surface area (Å²) in [5.74, 6) is 0.309.